The molecule has 3 heteroatoms. The van der Waals surface area contributed by atoms with Crippen molar-refractivity contribution in [2.24, 2.45) is 0 Å². The number of benzene rings is 1. The number of nitrogens with zero attached hydrogens (tertiary/aromatic N) is 2. The zero-order valence-corrected chi connectivity index (χ0v) is 12.6. The SMILES string of the molecule is CCN(CC)CCCNCc1cncc2ccccc12. The Hall–Kier alpha value is -1.45. The molecule has 0 saturated carbocycles. The van der Waals surface area contributed by atoms with Gasteiger partial charge in [-0.05, 0) is 43.5 Å². The van der Waals surface area contributed by atoms with Crippen LogP contribution in [-0.4, -0.2) is 36.1 Å². The second-order valence-electron chi connectivity index (χ2n) is 5.08. The van der Waals surface area contributed by atoms with E-state index in [-0.39, 0.29) is 0 Å². The van der Waals surface area contributed by atoms with Crippen LogP contribution in [0.1, 0.15) is 25.8 Å². The van der Waals surface area contributed by atoms with Crippen LogP contribution in [0.5, 0.6) is 0 Å². The molecule has 3 nitrogen and oxygen atoms in total. The Morgan fingerprint density at radius 2 is 1.90 bits per heavy atom. The van der Waals surface area contributed by atoms with E-state index in [2.05, 4.69) is 53.3 Å². The lowest BCUT2D eigenvalue weighted by atomic mass is 10.1. The smallest absolute Gasteiger partial charge is 0.0346 e. The molecule has 0 atom stereocenters. The van der Waals surface area contributed by atoms with E-state index in [4.69, 9.17) is 0 Å². The third-order valence-corrected chi connectivity index (χ3v) is 3.79. The first-order valence-electron chi connectivity index (χ1n) is 7.59. The predicted molar refractivity (Wildman–Crippen MR) is 85.9 cm³/mol. The predicted octanol–water partition coefficient (Wildman–Crippen LogP) is 3.06. The molecule has 0 bridgehead atoms. The molecule has 0 fully saturated rings. The van der Waals surface area contributed by atoms with Crippen LogP contribution in [0.2, 0.25) is 0 Å². The second-order valence-corrected chi connectivity index (χ2v) is 5.08. The first kappa shape index (κ1) is 14.9. The monoisotopic (exact) mass is 271 g/mol. The van der Waals surface area contributed by atoms with E-state index in [1.807, 2.05) is 12.4 Å². The number of hydrogen-bond acceptors (Lipinski definition) is 3. The van der Waals surface area contributed by atoms with Gasteiger partial charge in [0.05, 0.1) is 0 Å². The second kappa shape index (κ2) is 7.98. The minimum atomic E-state index is 0.895. The lowest BCUT2D eigenvalue weighted by molar-refractivity contribution is 0.298. The molecular weight excluding hydrogens is 246 g/mol. The molecule has 0 spiro atoms. The Kier molecular flexibility index (Phi) is 5.96. The quantitative estimate of drug-likeness (QED) is 0.748. The van der Waals surface area contributed by atoms with Gasteiger partial charge in [-0.25, -0.2) is 0 Å². The third kappa shape index (κ3) is 4.02. The van der Waals surface area contributed by atoms with Gasteiger partial charge < -0.3 is 10.2 Å². The maximum absolute atomic E-state index is 4.32. The van der Waals surface area contributed by atoms with E-state index < -0.39 is 0 Å². The molecule has 0 radical (unpaired) electrons. The number of nitrogens with one attached hydrogen (secondary N) is 1. The summed E-state index contributed by atoms with van der Waals surface area (Å²) < 4.78 is 0. The van der Waals surface area contributed by atoms with Gasteiger partial charge in [0.15, 0.2) is 0 Å². The molecular formula is C17H25N3. The van der Waals surface area contributed by atoms with E-state index >= 15 is 0 Å². The van der Waals surface area contributed by atoms with E-state index in [1.165, 1.54) is 29.3 Å². The van der Waals surface area contributed by atoms with Gasteiger partial charge in [0.1, 0.15) is 0 Å². The molecule has 1 aromatic heterocycles. The highest BCUT2D eigenvalue weighted by Gasteiger charge is 2.01. The first-order chi connectivity index (χ1) is 9.85. The van der Waals surface area contributed by atoms with Gasteiger partial charge in [-0.15, -0.1) is 0 Å². The van der Waals surface area contributed by atoms with Crippen LogP contribution < -0.4 is 5.32 Å². The molecule has 1 heterocycles. The summed E-state index contributed by atoms with van der Waals surface area (Å²) in [5.74, 6) is 0. The Morgan fingerprint density at radius 3 is 2.70 bits per heavy atom. The lowest BCUT2D eigenvalue weighted by Crippen LogP contribution is -2.27. The number of hydrogen-bond donors (Lipinski definition) is 1. The van der Waals surface area contributed by atoms with Crippen molar-refractivity contribution in [2.75, 3.05) is 26.2 Å². The molecule has 0 aliphatic carbocycles. The third-order valence-electron chi connectivity index (χ3n) is 3.79. The first-order valence-corrected chi connectivity index (χ1v) is 7.59. The Morgan fingerprint density at radius 1 is 1.10 bits per heavy atom. The summed E-state index contributed by atoms with van der Waals surface area (Å²) >= 11 is 0. The van der Waals surface area contributed by atoms with Crippen LogP contribution in [0.3, 0.4) is 0 Å². The summed E-state index contributed by atoms with van der Waals surface area (Å²) in [6, 6.07) is 8.44. The molecule has 0 aliphatic rings. The fraction of sp³-hybridized carbons (Fsp3) is 0.471. The highest BCUT2D eigenvalue weighted by Crippen LogP contribution is 2.16. The molecule has 2 aromatic rings. The zero-order chi connectivity index (χ0) is 14.2. The molecule has 0 saturated heterocycles. The molecule has 1 N–H and O–H groups in total. The van der Waals surface area contributed by atoms with Gasteiger partial charge in [0.2, 0.25) is 0 Å². The van der Waals surface area contributed by atoms with Gasteiger partial charge >= 0.3 is 0 Å². The van der Waals surface area contributed by atoms with Crippen molar-refractivity contribution in [3.8, 4) is 0 Å². The maximum atomic E-state index is 4.32. The summed E-state index contributed by atoms with van der Waals surface area (Å²) in [5, 5.41) is 6.05. The van der Waals surface area contributed by atoms with Crippen LogP contribution in [-0.2, 0) is 6.54 Å². The standard InChI is InChI=1S/C17H25N3/c1-3-20(4-2)11-7-10-18-13-16-14-19-12-15-8-5-6-9-17(15)16/h5-6,8-9,12,14,18H,3-4,7,10-11,13H2,1-2H3. The molecule has 0 unspecified atom stereocenters. The van der Waals surface area contributed by atoms with Crippen molar-refractivity contribution >= 4 is 10.8 Å². The van der Waals surface area contributed by atoms with Gasteiger partial charge in [0.25, 0.3) is 0 Å². The molecule has 2 rings (SSSR count). The van der Waals surface area contributed by atoms with Crippen LogP contribution in [0.4, 0.5) is 0 Å². The maximum Gasteiger partial charge on any atom is 0.0346 e. The number of fused-ring (bicyclic) bond motifs is 1. The highest BCUT2D eigenvalue weighted by molar-refractivity contribution is 5.84. The molecule has 1 aromatic carbocycles. The summed E-state index contributed by atoms with van der Waals surface area (Å²) in [4.78, 5) is 6.78. The molecule has 0 aliphatic heterocycles. The normalized spacial score (nSPS) is 11.3. The van der Waals surface area contributed by atoms with Crippen molar-refractivity contribution in [3.05, 3.63) is 42.2 Å². The van der Waals surface area contributed by atoms with Crippen molar-refractivity contribution in [2.45, 2.75) is 26.8 Å². The average molecular weight is 271 g/mol. The van der Waals surface area contributed by atoms with Gasteiger partial charge in [0, 0.05) is 24.3 Å². The van der Waals surface area contributed by atoms with Crippen LogP contribution in [0, 0.1) is 0 Å². The lowest BCUT2D eigenvalue weighted by Gasteiger charge is -2.17. The van der Waals surface area contributed by atoms with Gasteiger partial charge in [-0.1, -0.05) is 38.1 Å². The molecule has 0 amide bonds. The number of pyridine rings is 1. The highest BCUT2D eigenvalue weighted by atomic mass is 15.1. The van der Waals surface area contributed by atoms with Crippen LogP contribution in [0.25, 0.3) is 10.8 Å². The zero-order valence-electron chi connectivity index (χ0n) is 12.6. The summed E-state index contributed by atoms with van der Waals surface area (Å²) in [5.41, 5.74) is 1.28. The average Bonchev–Trinajstić information content (AvgIpc) is 2.51. The van der Waals surface area contributed by atoms with Crippen molar-refractivity contribution in [3.63, 3.8) is 0 Å². The Balaban J connectivity index is 1.81. The Labute approximate surface area is 122 Å². The van der Waals surface area contributed by atoms with Crippen molar-refractivity contribution in [1.82, 2.24) is 15.2 Å². The van der Waals surface area contributed by atoms with E-state index in [0.717, 1.165) is 26.2 Å². The van der Waals surface area contributed by atoms with Crippen LogP contribution in [0.15, 0.2) is 36.7 Å². The Bertz CT molecular complexity index is 515. The van der Waals surface area contributed by atoms with Gasteiger partial charge in [-0.3, -0.25) is 4.98 Å². The van der Waals surface area contributed by atoms with Crippen molar-refractivity contribution in [1.29, 1.82) is 0 Å². The van der Waals surface area contributed by atoms with E-state index in [9.17, 15) is 0 Å². The fourth-order valence-corrected chi connectivity index (χ4v) is 2.51. The van der Waals surface area contributed by atoms with Crippen LogP contribution >= 0.6 is 0 Å². The van der Waals surface area contributed by atoms with E-state index in [1.54, 1.807) is 0 Å². The van der Waals surface area contributed by atoms with Crippen molar-refractivity contribution < 1.29 is 0 Å². The summed E-state index contributed by atoms with van der Waals surface area (Å²) in [6.07, 6.45) is 5.10. The molecule has 108 valence electrons. The summed E-state index contributed by atoms with van der Waals surface area (Å²) in [7, 11) is 0. The van der Waals surface area contributed by atoms with Gasteiger partial charge in [-0.2, -0.15) is 0 Å². The molecule has 20 heavy (non-hydrogen) atoms. The largest absolute Gasteiger partial charge is 0.313 e. The number of rotatable bonds is 8. The topological polar surface area (TPSA) is 28.2 Å². The van der Waals surface area contributed by atoms with E-state index in [0.29, 0.717) is 0 Å². The minimum Gasteiger partial charge on any atom is -0.313 e. The number of aromatic nitrogens is 1. The minimum absolute atomic E-state index is 0.895. The summed E-state index contributed by atoms with van der Waals surface area (Å²) in [6.45, 7) is 9.85. The fourth-order valence-electron chi connectivity index (χ4n) is 2.51.